The van der Waals surface area contributed by atoms with Crippen molar-refractivity contribution in [2.45, 2.75) is 13.8 Å². The van der Waals surface area contributed by atoms with Gasteiger partial charge in [-0.05, 0) is 50.2 Å². The van der Waals surface area contributed by atoms with Gasteiger partial charge >= 0.3 is 0 Å². The molecule has 3 aromatic rings. The first-order chi connectivity index (χ1) is 12.0. The molecule has 130 valence electrons. The van der Waals surface area contributed by atoms with E-state index in [1.807, 2.05) is 33.0 Å². The normalized spacial score (nSPS) is 10.6. The standard InChI is InChI=1S/C19H20N2O4/c1-12-13(2)20-21(3)19(12)25-16-8-6-15(7-9-16)24-17-10-5-14(22)11-18(17)23-4/h5-11,22H,1-4H3. The number of rotatable bonds is 5. The average molecular weight is 340 g/mol. The third-order valence-electron chi connectivity index (χ3n) is 3.87. The van der Waals surface area contributed by atoms with Crippen LogP contribution in [0.1, 0.15) is 11.3 Å². The van der Waals surface area contributed by atoms with E-state index in [0.717, 1.165) is 11.3 Å². The molecule has 1 heterocycles. The quantitative estimate of drug-likeness (QED) is 0.748. The van der Waals surface area contributed by atoms with Crippen LogP contribution in [0.25, 0.3) is 0 Å². The second kappa shape index (κ2) is 6.76. The molecule has 0 unspecified atom stereocenters. The summed E-state index contributed by atoms with van der Waals surface area (Å²) in [5, 5.41) is 13.8. The van der Waals surface area contributed by atoms with Gasteiger partial charge in [0.1, 0.15) is 17.2 Å². The van der Waals surface area contributed by atoms with Gasteiger partial charge in [0.05, 0.1) is 12.8 Å². The molecule has 0 fully saturated rings. The van der Waals surface area contributed by atoms with Crippen molar-refractivity contribution >= 4 is 0 Å². The molecule has 0 saturated carbocycles. The lowest BCUT2D eigenvalue weighted by Gasteiger charge is -2.11. The van der Waals surface area contributed by atoms with Gasteiger partial charge in [-0.15, -0.1) is 0 Å². The lowest BCUT2D eigenvalue weighted by molar-refractivity contribution is 0.373. The van der Waals surface area contributed by atoms with Crippen LogP contribution in [-0.2, 0) is 7.05 Å². The number of phenols is 1. The van der Waals surface area contributed by atoms with Crippen molar-refractivity contribution in [3.05, 3.63) is 53.7 Å². The molecular formula is C19H20N2O4. The average Bonchev–Trinajstić information content (AvgIpc) is 2.84. The maximum Gasteiger partial charge on any atom is 0.220 e. The maximum atomic E-state index is 9.50. The number of benzene rings is 2. The molecule has 2 aromatic carbocycles. The molecule has 0 atom stereocenters. The summed E-state index contributed by atoms with van der Waals surface area (Å²) < 4.78 is 18.6. The summed E-state index contributed by atoms with van der Waals surface area (Å²) >= 11 is 0. The molecule has 0 amide bonds. The minimum absolute atomic E-state index is 0.120. The fourth-order valence-electron chi connectivity index (χ4n) is 2.44. The molecule has 0 saturated heterocycles. The highest BCUT2D eigenvalue weighted by Crippen LogP contribution is 2.35. The van der Waals surface area contributed by atoms with Crippen molar-refractivity contribution in [1.82, 2.24) is 9.78 Å². The second-order valence-electron chi connectivity index (χ2n) is 5.65. The van der Waals surface area contributed by atoms with Crippen LogP contribution < -0.4 is 14.2 Å². The van der Waals surface area contributed by atoms with Crippen molar-refractivity contribution in [3.63, 3.8) is 0 Å². The van der Waals surface area contributed by atoms with Gasteiger partial charge in [-0.25, -0.2) is 4.68 Å². The predicted molar refractivity (Wildman–Crippen MR) is 93.9 cm³/mol. The molecule has 0 aliphatic heterocycles. The van der Waals surface area contributed by atoms with Crippen molar-refractivity contribution in [2.24, 2.45) is 7.05 Å². The highest BCUT2D eigenvalue weighted by atomic mass is 16.5. The van der Waals surface area contributed by atoms with Gasteiger partial charge < -0.3 is 19.3 Å². The van der Waals surface area contributed by atoms with Gasteiger partial charge in [-0.1, -0.05) is 0 Å². The van der Waals surface area contributed by atoms with E-state index < -0.39 is 0 Å². The monoisotopic (exact) mass is 340 g/mol. The number of hydrogen-bond acceptors (Lipinski definition) is 5. The molecule has 6 nitrogen and oxygen atoms in total. The zero-order valence-corrected chi connectivity index (χ0v) is 14.6. The number of nitrogens with zero attached hydrogens (tertiary/aromatic N) is 2. The van der Waals surface area contributed by atoms with Crippen LogP contribution in [0.3, 0.4) is 0 Å². The first-order valence-electron chi connectivity index (χ1n) is 7.81. The Hall–Kier alpha value is -3.15. The van der Waals surface area contributed by atoms with Gasteiger partial charge in [-0.3, -0.25) is 0 Å². The topological polar surface area (TPSA) is 65.7 Å². The minimum Gasteiger partial charge on any atom is -0.508 e. The Morgan fingerprint density at radius 2 is 1.56 bits per heavy atom. The number of ether oxygens (including phenoxy) is 3. The number of methoxy groups -OCH3 is 1. The van der Waals surface area contributed by atoms with Crippen LogP contribution in [0.5, 0.6) is 34.6 Å². The highest BCUT2D eigenvalue weighted by Gasteiger charge is 2.12. The van der Waals surface area contributed by atoms with Gasteiger partial charge in [-0.2, -0.15) is 5.10 Å². The summed E-state index contributed by atoms with van der Waals surface area (Å²) in [5.74, 6) is 3.14. The van der Waals surface area contributed by atoms with Crippen molar-refractivity contribution in [2.75, 3.05) is 7.11 Å². The fourth-order valence-corrected chi connectivity index (χ4v) is 2.44. The van der Waals surface area contributed by atoms with Gasteiger partial charge in [0.2, 0.25) is 5.88 Å². The Balaban J connectivity index is 1.76. The predicted octanol–water partition coefficient (Wildman–Crippen LogP) is 4.34. The maximum absolute atomic E-state index is 9.50. The molecule has 1 aromatic heterocycles. The Morgan fingerprint density at radius 1 is 0.920 bits per heavy atom. The third kappa shape index (κ3) is 3.52. The Kier molecular flexibility index (Phi) is 4.52. The number of aromatic hydroxyl groups is 1. The highest BCUT2D eigenvalue weighted by molar-refractivity contribution is 5.47. The number of aryl methyl sites for hydroxylation is 2. The van der Waals surface area contributed by atoms with E-state index in [1.165, 1.54) is 13.2 Å². The minimum atomic E-state index is 0.120. The van der Waals surface area contributed by atoms with Crippen LogP contribution in [-0.4, -0.2) is 22.0 Å². The summed E-state index contributed by atoms with van der Waals surface area (Å²) in [7, 11) is 3.38. The molecule has 6 heteroatoms. The van der Waals surface area contributed by atoms with E-state index in [9.17, 15) is 5.11 Å². The van der Waals surface area contributed by atoms with E-state index >= 15 is 0 Å². The van der Waals surface area contributed by atoms with Gasteiger partial charge in [0.15, 0.2) is 11.5 Å². The van der Waals surface area contributed by atoms with Crippen molar-refractivity contribution in [3.8, 4) is 34.6 Å². The summed E-state index contributed by atoms with van der Waals surface area (Å²) in [6.07, 6.45) is 0. The van der Waals surface area contributed by atoms with Gasteiger partial charge in [0.25, 0.3) is 0 Å². The largest absolute Gasteiger partial charge is 0.508 e. The second-order valence-corrected chi connectivity index (χ2v) is 5.65. The summed E-state index contributed by atoms with van der Waals surface area (Å²) in [6.45, 7) is 3.93. The van der Waals surface area contributed by atoms with E-state index in [0.29, 0.717) is 28.9 Å². The molecule has 0 radical (unpaired) electrons. The summed E-state index contributed by atoms with van der Waals surface area (Å²) in [4.78, 5) is 0. The molecule has 3 rings (SSSR count). The van der Waals surface area contributed by atoms with Crippen LogP contribution in [0.4, 0.5) is 0 Å². The lowest BCUT2D eigenvalue weighted by Crippen LogP contribution is -1.96. The van der Waals surface area contributed by atoms with E-state index in [4.69, 9.17) is 14.2 Å². The summed E-state index contributed by atoms with van der Waals surface area (Å²) in [5.41, 5.74) is 1.95. The molecule has 0 aliphatic rings. The van der Waals surface area contributed by atoms with E-state index in [-0.39, 0.29) is 5.75 Å². The number of aromatic nitrogens is 2. The SMILES string of the molecule is COc1cc(O)ccc1Oc1ccc(Oc2c(C)c(C)nn2C)cc1. The van der Waals surface area contributed by atoms with E-state index in [1.54, 1.807) is 28.9 Å². The van der Waals surface area contributed by atoms with Crippen LogP contribution in [0.2, 0.25) is 0 Å². The Morgan fingerprint density at radius 3 is 2.12 bits per heavy atom. The smallest absolute Gasteiger partial charge is 0.220 e. The lowest BCUT2D eigenvalue weighted by atomic mass is 10.3. The number of phenolic OH excluding ortho intramolecular Hbond substituents is 1. The Bertz CT molecular complexity index is 885. The first-order valence-corrected chi connectivity index (χ1v) is 7.81. The molecule has 25 heavy (non-hydrogen) atoms. The van der Waals surface area contributed by atoms with Crippen LogP contribution in [0, 0.1) is 13.8 Å². The van der Waals surface area contributed by atoms with Gasteiger partial charge in [0, 0.05) is 18.7 Å². The van der Waals surface area contributed by atoms with Crippen molar-refractivity contribution in [1.29, 1.82) is 0 Å². The van der Waals surface area contributed by atoms with Crippen LogP contribution >= 0.6 is 0 Å². The first kappa shape index (κ1) is 16.7. The molecule has 1 N–H and O–H groups in total. The van der Waals surface area contributed by atoms with Crippen LogP contribution in [0.15, 0.2) is 42.5 Å². The molecule has 0 aliphatic carbocycles. The fraction of sp³-hybridized carbons (Fsp3) is 0.211. The summed E-state index contributed by atoms with van der Waals surface area (Å²) in [6, 6.07) is 12.0. The number of hydrogen-bond donors (Lipinski definition) is 1. The third-order valence-corrected chi connectivity index (χ3v) is 3.87. The zero-order valence-electron chi connectivity index (χ0n) is 14.6. The van der Waals surface area contributed by atoms with Crippen molar-refractivity contribution < 1.29 is 19.3 Å². The Labute approximate surface area is 146 Å². The van der Waals surface area contributed by atoms with E-state index in [2.05, 4.69) is 5.10 Å². The molecule has 0 bridgehead atoms. The molecular weight excluding hydrogens is 320 g/mol. The molecule has 0 spiro atoms. The zero-order chi connectivity index (χ0) is 18.0.